The van der Waals surface area contributed by atoms with Gasteiger partial charge in [-0.05, 0) is 48.4 Å². The summed E-state index contributed by atoms with van der Waals surface area (Å²) >= 11 is 0. The quantitative estimate of drug-likeness (QED) is 0.640. The third-order valence-electron chi connectivity index (χ3n) is 6.19. The zero-order valence-corrected chi connectivity index (χ0v) is 17.9. The Hall–Kier alpha value is -3.52. The number of carbonyl (C=O) groups excluding carboxylic acids is 1. The molecule has 2 N–H and O–H groups in total. The second-order valence-corrected chi connectivity index (χ2v) is 8.23. The lowest BCUT2D eigenvalue weighted by atomic mass is 10.1. The number of nitrogens with one attached hydrogen (secondary N) is 2. The van der Waals surface area contributed by atoms with Gasteiger partial charge >= 0.3 is 0 Å². The molecule has 1 saturated heterocycles. The van der Waals surface area contributed by atoms with Crippen LogP contribution in [0.2, 0.25) is 0 Å². The molecule has 0 radical (unpaired) electrons. The predicted molar refractivity (Wildman–Crippen MR) is 123 cm³/mol. The first-order valence-corrected chi connectivity index (χ1v) is 10.8. The van der Waals surface area contributed by atoms with Crippen molar-refractivity contribution < 1.29 is 9.18 Å². The number of piperazine rings is 1. The van der Waals surface area contributed by atoms with Crippen LogP contribution in [-0.2, 0) is 11.2 Å². The van der Waals surface area contributed by atoms with Crippen LogP contribution in [0.1, 0.15) is 24.1 Å². The number of carbonyl (C=O) groups is 1. The summed E-state index contributed by atoms with van der Waals surface area (Å²) in [7, 11) is 0. The molecule has 0 spiro atoms. The minimum absolute atomic E-state index is 0.0226. The first-order chi connectivity index (χ1) is 15.5. The maximum atomic E-state index is 13.2. The van der Waals surface area contributed by atoms with E-state index in [2.05, 4.69) is 37.3 Å². The highest BCUT2D eigenvalue weighted by Crippen LogP contribution is 2.28. The van der Waals surface area contributed by atoms with Crippen LogP contribution >= 0.6 is 0 Å². The number of aromatic nitrogens is 2. The topological polar surface area (TPSA) is 73.4 Å². The molecular weight excluding hydrogens is 407 g/mol. The molecule has 1 unspecified atom stereocenters. The summed E-state index contributed by atoms with van der Waals surface area (Å²) in [5.74, 6) is 1.42. The highest BCUT2D eigenvalue weighted by molar-refractivity contribution is 5.99. The van der Waals surface area contributed by atoms with Crippen LogP contribution in [0, 0.1) is 5.82 Å². The van der Waals surface area contributed by atoms with Crippen molar-refractivity contribution in [2.24, 2.45) is 0 Å². The van der Waals surface area contributed by atoms with Gasteiger partial charge in [0.15, 0.2) is 0 Å². The molecule has 0 bridgehead atoms. The molecule has 1 aromatic heterocycles. The van der Waals surface area contributed by atoms with Crippen LogP contribution in [0.4, 0.5) is 27.4 Å². The smallest absolute Gasteiger partial charge is 0.228 e. The molecule has 1 atom stereocenters. The molecule has 164 valence electrons. The lowest BCUT2D eigenvalue weighted by molar-refractivity contribution is -0.115. The number of anilines is 4. The van der Waals surface area contributed by atoms with Crippen LogP contribution in [0.5, 0.6) is 0 Å². The molecular formula is C24H25FN6O. The lowest BCUT2D eigenvalue weighted by Gasteiger charge is -2.38. The van der Waals surface area contributed by atoms with Crippen LogP contribution < -0.4 is 15.5 Å². The number of hydrogen-bond acceptors (Lipinski definition) is 6. The summed E-state index contributed by atoms with van der Waals surface area (Å²) in [6, 6.07) is 14.8. The van der Waals surface area contributed by atoms with Gasteiger partial charge in [0, 0.05) is 49.7 Å². The van der Waals surface area contributed by atoms with E-state index in [-0.39, 0.29) is 17.8 Å². The van der Waals surface area contributed by atoms with Crippen LogP contribution in [0.3, 0.4) is 0 Å². The van der Waals surface area contributed by atoms with Gasteiger partial charge in [0.05, 0.1) is 6.42 Å². The summed E-state index contributed by atoms with van der Waals surface area (Å²) < 4.78 is 13.2. The monoisotopic (exact) mass is 432 g/mol. The normalized spacial score (nSPS) is 17.1. The molecule has 2 aromatic carbocycles. The van der Waals surface area contributed by atoms with Gasteiger partial charge in [0.25, 0.3) is 0 Å². The number of hydrogen-bond donors (Lipinski definition) is 2. The zero-order chi connectivity index (χ0) is 22.1. The Kier molecular flexibility index (Phi) is 5.45. The van der Waals surface area contributed by atoms with Crippen molar-refractivity contribution in [1.29, 1.82) is 0 Å². The van der Waals surface area contributed by atoms with Gasteiger partial charge in [-0.2, -0.15) is 0 Å². The Labute approximate surface area is 186 Å². The minimum atomic E-state index is -0.205. The van der Waals surface area contributed by atoms with Crippen molar-refractivity contribution in [3.05, 3.63) is 71.8 Å². The second kappa shape index (κ2) is 8.55. The second-order valence-electron chi connectivity index (χ2n) is 8.23. The molecule has 0 saturated carbocycles. The van der Waals surface area contributed by atoms with E-state index in [9.17, 15) is 9.18 Å². The molecule has 3 heterocycles. The van der Waals surface area contributed by atoms with E-state index >= 15 is 0 Å². The van der Waals surface area contributed by atoms with Gasteiger partial charge in [-0.3, -0.25) is 9.69 Å². The van der Waals surface area contributed by atoms with E-state index in [4.69, 9.17) is 0 Å². The predicted octanol–water partition coefficient (Wildman–Crippen LogP) is 3.74. The fourth-order valence-corrected chi connectivity index (χ4v) is 4.33. The molecule has 2 aliphatic rings. The van der Waals surface area contributed by atoms with E-state index in [0.29, 0.717) is 12.2 Å². The molecule has 7 nitrogen and oxygen atoms in total. The summed E-state index contributed by atoms with van der Waals surface area (Å²) in [5, 5.41) is 6.17. The Balaban J connectivity index is 1.22. The Morgan fingerprint density at radius 1 is 1.03 bits per heavy atom. The minimum Gasteiger partial charge on any atom is -0.354 e. The molecule has 0 aliphatic carbocycles. The van der Waals surface area contributed by atoms with Crippen LogP contribution in [0.15, 0.2) is 54.9 Å². The fourth-order valence-electron chi connectivity index (χ4n) is 4.33. The molecule has 32 heavy (non-hydrogen) atoms. The van der Waals surface area contributed by atoms with E-state index in [1.807, 2.05) is 36.4 Å². The average Bonchev–Trinajstić information content (AvgIpc) is 3.19. The number of benzene rings is 2. The zero-order valence-electron chi connectivity index (χ0n) is 17.9. The molecule has 3 aromatic rings. The maximum Gasteiger partial charge on any atom is 0.228 e. The van der Waals surface area contributed by atoms with Crippen LogP contribution in [-0.4, -0.2) is 47.0 Å². The Morgan fingerprint density at radius 2 is 1.81 bits per heavy atom. The summed E-state index contributed by atoms with van der Waals surface area (Å²) in [6.07, 6.45) is 1.98. The fraction of sp³-hybridized carbons (Fsp3) is 0.292. The van der Waals surface area contributed by atoms with Gasteiger partial charge in [-0.1, -0.05) is 12.1 Å². The van der Waals surface area contributed by atoms with Crippen molar-refractivity contribution in [2.45, 2.75) is 19.4 Å². The van der Waals surface area contributed by atoms with E-state index < -0.39 is 0 Å². The third-order valence-corrected chi connectivity index (χ3v) is 6.19. The summed E-state index contributed by atoms with van der Waals surface area (Å²) in [4.78, 5) is 25.1. The average molecular weight is 433 g/mol. The van der Waals surface area contributed by atoms with Gasteiger partial charge in [0.1, 0.15) is 23.8 Å². The van der Waals surface area contributed by atoms with Crippen LogP contribution in [0.25, 0.3) is 0 Å². The van der Waals surface area contributed by atoms with Crippen molar-refractivity contribution in [2.75, 3.05) is 41.7 Å². The molecule has 1 fully saturated rings. The first-order valence-electron chi connectivity index (χ1n) is 10.8. The molecule has 1 amide bonds. The number of rotatable bonds is 5. The van der Waals surface area contributed by atoms with Gasteiger partial charge in [0.2, 0.25) is 5.91 Å². The number of amides is 1. The summed E-state index contributed by atoms with van der Waals surface area (Å²) in [6.45, 7) is 5.67. The Morgan fingerprint density at radius 3 is 2.59 bits per heavy atom. The van der Waals surface area contributed by atoms with Crippen molar-refractivity contribution in [3.8, 4) is 0 Å². The largest absolute Gasteiger partial charge is 0.354 e. The van der Waals surface area contributed by atoms with Crippen molar-refractivity contribution in [3.63, 3.8) is 0 Å². The molecule has 5 rings (SSSR count). The number of fused-ring (bicyclic) bond motifs is 1. The highest BCUT2D eigenvalue weighted by atomic mass is 19.1. The van der Waals surface area contributed by atoms with E-state index in [1.54, 1.807) is 6.33 Å². The lowest BCUT2D eigenvalue weighted by Crippen LogP contribution is -2.47. The SMILES string of the molecule is CC(c1ccc(F)cc1)N1CCN(c2cc(Nc3ccc4c(c3)CC(=O)N4)ncn2)CC1. The first kappa shape index (κ1) is 20.4. The Bertz CT molecular complexity index is 1130. The molecule has 2 aliphatic heterocycles. The third kappa shape index (κ3) is 4.27. The van der Waals surface area contributed by atoms with Crippen molar-refractivity contribution in [1.82, 2.24) is 14.9 Å². The standard InChI is InChI=1S/C24H25FN6O/c1-16(17-2-4-19(25)5-3-17)30-8-10-31(11-9-30)23-14-22(26-15-27-23)28-20-6-7-21-18(12-20)13-24(32)29-21/h2-7,12,14-16H,8-11,13H2,1H3,(H,29,32)(H,26,27,28). The highest BCUT2D eigenvalue weighted by Gasteiger charge is 2.23. The van der Waals surface area contributed by atoms with Gasteiger partial charge in [-0.25, -0.2) is 14.4 Å². The van der Waals surface area contributed by atoms with Crippen molar-refractivity contribution >= 4 is 28.9 Å². The van der Waals surface area contributed by atoms with Gasteiger partial charge < -0.3 is 15.5 Å². The number of halogens is 1. The number of nitrogens with zero attached hydrogens (tertiary/aromatic N) is 4. The molecule has 8 heteroatoms. The maximum absolute atomic E-state index is 13.2. The summed E-state index contributed by atoms with van der Waals surface area (Å²) in [5.41, 5.74) is 3.87. The van der Waals surface area contributed by atoms with Gasteiger partial charge in [-0.15, -0.1) is 0 Å². The van der Waals surface area contributed by atoms with E-state index in [1.165, 1.54) is 12.1 Å². The van der Waals surface area contributed by atoms with E-state index in [0.717, 1.165) is 54.5 Å².